The Kier molecular flexibility index (Phi) is 6.30. The number of aromatic hydroxyl groups is 1. The van der Waals surface area contributed by atoms with Crippen LogP contribution < -0.4 is 9.64 Å². The number of imide groups is 2. The number of allylic oxidation sites excluding steroid dienone is 2. The summed E-state index contributed by atoms with van der Waals surface area (Å²) in [6.45, 7) is 1.75. The minimum Gasteiger partial charge on any atom is -0.504 e. The van der Waals surface area contributed by atoms with Gasteiger partial charge in [-0.1, -0.05) is 23.3 Å². The summed E-state index contributed by atoms with van der Waals surface area (Å²) in [6.07, 6.45) is 2.49. The number of nitrogens with zero attached hydrogens (tertiary/aromatic N) is 2. The van der Waals surface area contributed by atoms with Crippen LogP contribution in [0.3, 0.4) is 0 Å². The van der Waals surface area contributed by atoms with Crippen LogP contribution in [0.15, 0.2) is 42.0 Å². The summed E-state index contributed by atoms with van der Waals surface area (Å²) in [7, 11) is 2.90. The lowest BCUT2D eigenvalue weighted by molar-refractivity contribution is -0.138. The lowest BCUT2D eigenvalue weighted by atomic mass is 9.51. The van der Waals surface area contributed by atoms with Crippen LogP contribution in [0.1, 0.15) is 31.2 Å². The van der Waals surface area contributed by atoms with Crippen LogP contribution in [-0.4, -0.2) is 47.8 Å². The quantitative estimate of drug-likeness (QED) is 0.288. The number of hydrogen-bond donors (Lipinski definition) is 1. The van der Waals surface area contributed by atoms with Gasteiger partial charge in [-0.25, -0.2) is 9.29 Å². The average Bonchev–Trinajstić information content (AvgIpc) is 3.26. The Morgan fingerprint density at radius 2 is 1.82 bits per heavy atom. The SMILES string of the molecule is COc1cc(C2C3=CCC4C(=O)N(C)C(=O)C4C3CC3C(=O)N(c4ccc(F)c(Cl)c4)C(=O)C32C)cc(I)c1O. The molecule has 0 aromatic heterocycles. The van der Waals surface area contributed by atoms with Crippen LogP contribution in [0.5, 0.6) is 11.5 Å². The number of benzene rings is 2. The maximum absolute atomic E-state index is 14.4. The van der Waals surface area contributed by atoms with E-state index < -0.39 is 52.6 Å². The fraction of sp³-hybridized carbons (Fsp3) is 0.379. The third kappa shape index (κ3) is 3.54. The van der Waals surface area contributed by atoms with Crippen molar-refractivity contribution in [1.29, 1.82) is 0 Å². The number of rotatable bonds is 3. The number of likely N-dealkylation sites (tertiary alicyclic amines) is 1. The second-order valence-electron chi connectivity index (χ2n) is 11.0. The summed E-state index contributed by atoms with van der Waals surface area (Å²) in [5.41, 5.74) is 0.345. The molecule has 4 amide bonds. The average molecular weight is 679 g/mol. The largest absolute Gasteiger partial charge is 0.504 e. The van der Waals surface area contributed by atoms with Crippen molar-refractivity contribution in [3.8, 4) is 11.5 Å². The number of fused-ring (bicyclic) bond motifs is 4. The van der Waals surface area contributed by atoms with E-state index in [0.717, 1.165) is 21.4 Å². The Labute approximate surface area is 248 Å². The molecule has 0 bridgehead atoms. The number of carbonyl (C=O) groups excluding carboxylic acids is 4. The van der Waals surface area contributed by atoms with Gasteiger partial charge in [0.25, 0.3) is 0 Å². The van der Waals surface area contributed by atoms with Crippen LogP contribution in [0, 0.1) is 38.5 Å². The number of anilines is 1. The first-order valence-electron chi connectivity index (χ1n) is 12.8. The van der Waals surface area contributed by atoms with Crippen LogP contribution in [0.4, 0.5) is 10.1 Å². The van der Waals surface area contributed by atoms with Gasteiger partial charge in [0.05, 0.1) is 44.6 Å². The Morgan fingerprint density at radius 1 is 1.10 bits per heavy atom. The third-order valence-corrected chi connectivity index (χ3v) is 10.4. The first kappa shape index (κ1) is 27.2. The van der Waals surface area contributed by atoms with E-state index in [1.54, 1.807) is 19.1 Å². The Hall–Kier alpha value is -2.99. The number of carbonyl (C=O) groups is 4. The highest BCUT2D eigenvalue weighted by Crippen LogP contribution is 2.64. The summed E-state index contributed by atoms with van der Waals surface area (Å²) < 4.78 is 19.9. The molecule has 0 spiro atoms. The van der Waals surface area contributed by atoms with E-state index in [0.29, 0.717) is 15.6 Å². The predicted molar refractivity (Wildman–Crippen MR) is 151 cm³/mol. The Bertz CT molecular complexity index is 1560. The third-order valence-electron chi connectivity index (χ3n) is 9.26. The molecule has 6 unspecified atom stereocenters. The molecule has 2 heterocycles. The van der Waals surface area contributed by atoms with Gasteiger partial charge in [-0.2, -0.15) is 0 Å². The summed E-state index contributed by atoms with van der Waals surface area (Å²) in [5.74, 6) is -5.08. The highest BCUT2D eigenvalue weighted by atomic mass is 127. The Balaban J connectivity index is 1.56. The van der Waals surface area contributed by atoms with Crippen LogP contribution in [0.25, 0.3) is 0 Å². The van der Waals surface area contributed by atoms with Crippen molar-refractivity contribution in [3.05, 3.63) is 62.0 Å². The molecule has 2 aliphatic heterocycles. The van der Waals surface area contributed by atoms with Gasteiger partial charge in [0.2, 0.25) is 23.6 Å². The number of methoxy groups -OCH3 is 1. The second kappa shape index (κ2) is 9.27. The maximum Gasteiger partial charge on any atom is 0.241 e. The molecule has 40 heavy (non-hydrogen) atoms. The molecule has 208 valence electrons. The van der Waals surface area contributed by atoms with Gasteiger partial charge in [0.15, 0.2) is 11.5 Å². The second-order valence-corrected chi connectivity index (χ2v) is 12.6. The minimum atomic E-state index is -1.28. The summed E-state index contributed by atoms with van der Waals surface area (Å²) in [4.78, 5) is 56.9. The van der Waals surface area contributed by atoms with Crippen molar-refractivity contribution < 1.29 is 33.4 Å². The predicted octanol–water partition coefficient (Wildman–Crippen LogP) is 4.66. The molecule has 8 nitrogen and oxygen atoms in total. The first-order valence-corrected chi connectivity index (χ1v) is 14.3. The van der Waals surface area contributed by atoms with E-state index >= 15 is 0 Å². The lowest BCUT2D eigenvalue weighted by Gasteiger charge is -2.49. The zero-order valence-corrected chi connectivity index (χ0v) is 24.7. The highest BCUT2D eigenvalue weighted by Gasteiger charge is 2.67. The van der Waals surface area contributed by atoms with Gasteiger partial charge in [0.1, 0.15) is 5.82 Å². The van der Waals surface area contributed by atoms with E-state index in [2.05, 4.69) is 0 Å². The molecule has 6 rings (SSSR count). The topological polar surface area (TPSA) is 104 Å². The van der Waals surface area contributed by atoms with E-state index in [-0.39, 0.29) is 40.4 Å². The molecule has 2 aromatic rings. The number of hydrogen-bond acceptors (Lipinski definition) is 6. The van der Waals surface area contributed by atoms with E-state index in [1.165, 1.54) is 26.3 Å². The van der Waals surface area contributed by atoms with Gasteiger partial charge < -0.3 is 9.84 Å². The molecule has 1 saturated carbocycles. The van der Waals surface area contributed by atoms with E-state index in [4.69, 9.17) is 16.3 Å². The van der Waals surface area contributed by atoms with E-state index in [9.17, 15) is 28.7 Å². The van der Waals surface area contributed by atoms with Gasteiger partial charge in [-0.05, 0) is 84.2 Å². The minimum absolute atomic E-state index is 0.0480. The van der Waals surface area contributed by atoms with Crippen LogP contribution in [0.2, 0.25) is 5.02 Å². The molecule has 4 aliphatic rings. The molecule has 2 aromatic carbocycles. The van der Waals surface area contributed by atoms with Crippen molar-refractivity contribution in [1.82, 2.24) is 4.90 Å². The fourth-order valence-corrected chi connectivity index (χ4v) is 8.14. The van der Waals surface area contributed by atoms with Crippen LogP contribution >= 0.6 is 34.2 Å². The summed E-state index contributed by atoms with van der Waals surface area (Å²) in [5, 5.41) is 10.3. The number of halogens is 3. The number of ether oxygens (including phenoxy) is 1. The van der Waals surface area contributed by atoms with Crippen molar-refractivity contribution in [3.63, 3.8) is 0 Å². The van der Waals surface area contributed by atoms with Gasteiger partial charge in [-0.15, -0.1) is 0 Å². The Morgan fingerprint density at radius 3 is 2.50 bits per heavy atom. The van der Waals surface area contributed by atoms with Crippen molar-refractivity contribution >= 4 is 63.5 Å². The van der Waals surface area contributed by atoms with Crippen molar-refractivity contribution in [2.75, 3.05) is 19.1 Å². The molecule has 6 atom stereocenters. The molecular weight excluding hydrogens is 654 g/mol. The first-order chi connectivity index (χ1) is 18.9. The van der Waals surface area contributed by atoms with Gasteiger partial charge in [0, 0.05) is 13.0 Å². The molecule has 3 fully saturated rings. The lowest BCUT2D eigenvalue weighted by Crippen LogP contribution is -2.48. The normalized spacial score (nSPS) is 31.2. The van der Waals surface area contributed by atoms with Gasteiger partial charge in [-0.3, -0.25) is 24.1 Å². The number of phenols is 1. The molecule has 11 heteroatoms. The molecule has 2 aliphatic carbocycles. The smallest absolute Gasteiger partial charge is 0.241 e. The summed E-state index contributed by atoms with van der Waals surface area (Å²) in [6, 6.07) is 7.12. The summed E-state index contributed by atoms with van der Waals surface area (Å²) >= 11 is 8.01. The van der Waals surface area contributed by atoms with Gasteiger partial charge >= 0.3 is 0 Å². The van der Waals surface area contributed by atoms with Crippen LogP contribution in [-0.2, 0) is 19.2 Å². The van der Waals surface area contributed by atoms with Crippen molar-refractivity contribution in [2.45, 2.75) is 25.7 Å². The number of amides is 4. The molecular formula is C29H25ClFIN2O6. The standard InChI is InChI=1S/C29H25ClFIN2O6/c1-29-17(26(37)34(28(29)39)13-4-7-19(31)18(30)10-13)11-16-14(5-6-15-22(16)27(38)33(2)25(15)36)23(29)12-8-20(32)24(35)21(9-12)40-3/h4-5,7-10,15-17,22-23,35H,6,11H2,1-3H3. The number of phenolic OH excluding ortho intramolecular Hbond substituents is 1. The van der Waals surface area contributed by atoms with E-state index in [1.807, 2.05) is 28.7 Å². The molecule has 0 radical (unpaired) electrons. The fourth-order valence-electron chi connectivity index (χ4n) is 7.34. The zero-order valence-electron chi connectivity index (χ0n) is 21.8. The monoisotopic (exact) mass is 678 g/mol. The molecule has 1 N–H and O–H groups in total. The molecule has 2 saturated heterocycles. The zero-order chi connectivity index (χ0) is 28.8. The highest BCUT2D eigenvalue weighted by molar-refractivity contribution is 14.1. The van der Waals surface area contributed by atoms with Crippen molar-refractivity contribution in [2.24, 2.45) is 29.1 Å². The maximum atomic E-state index is 14.4.